The van der Waals surface area contributed by atoms with Gasteiger partial charge in [0.15, 0.2) is 0 Å². The summed E-state index contributed by atoms with van der Waals surface area (Å²) in [5.41, 5.74) is 0.162. The minimum atomic E-state index is -4.46. The lowest BCUT2D eigenvalue weighted by molar-refractivity contribution is -0.137. The molecule has 0 heterocycles. The van der Waals surface area contributed by atoms with Crippen LogP contribution in [0.15, 0.2) is 48.5 Å². The second kappa shape index (κ2) is 10.3. The van der Waals surface area contributed by atoms with Gasteiger partial charge in [-0.05, 0) is 36.4 Å². The van der Waals surface area contributed by atoms with Crippen molar-refractivity contribution in [3.63, 3.8) is 0 Å². The number of ether oxygens (including phenoxy) is 2. The molecule has 0 bridgehead atoms. The number of benzene rings is 2. The zero-order valence-corrected chi connectivity index (χ0v) is 15.5. The normalized spacial score (nSPS) is 10.9. The van der Waals surface area contributed by atoms with Gasteiger partial charge in [0.05, 0.1) is 18.7 Å². The predicted octanol–water partition coefficient (Wildman–Crippen LogP) is 3.95. The Hall–Kier alpha value is -3.27. The summed E-state index contributed by atoms with van der Waals surface area (Å²) < 4.78 is 47.8. The lowest BCUT2D eigenvalue weighted by atomic mass is 10.2. The Kier molecular flexibility index (Phi) is 7.84. The Morgan fingerprint density at radius 1 is 0.931 bits per heavy atom. The number of methoxy groups -OCH3 is 1. The maximum Gasteiger partial charge on any atom is 0.416 e. The minimum absolute atomic E-state index is 0.0972. The van der Waals surface area contributed by atoms with Crippen molar-refractivity contribution in [1.82, 2.24) is 0 Å². The summed E-state index contributed by atoms with van der Waals surface area (Å²) in [4.78, 5) is 23.7. The number of alkyl halides is 3. The molecule has 0 spiro atoms. The van der Waals surface area contributed by atoms with Crippen molar-refractivity contribution in [2.75, 3.05) is 42.8 Å². The van der Waals surface area contributed by atoms with Crippen molar-refractivity contribution in [3.05, 3.63) is 54.1 Å². The molecule has 156 valence electrons. The number of carbonyl (C=O) groups is 2. The van der Waals surface area contributed by atoms with Crippen LogP contribution < -0.4 is 16.0 Å². The first-order valence-electron chi connectivity index (χ1n) is 8.51. The standard InChI is InChI=1S/C19H20F3N3O4/c1-28-8-9-29-18(27)25-16-7-3-6-15(11-16)24-17(26)12-23-14-5-2-4-13(10-14)19(20,21)22/h2-7,10-11,23H,8-9,12H2,1H3,(H,24,26)(H,25,27). The maximum absolute atomic E-state index is 12.7. The Morgan fingerprint density at radius 3 is 2.28 bits per heavy atom. The number of anilines is 3. The molecule has 0 saturated carbocycles. The lowest BCUT2D eigenvalue weighted by Crippen LogP contribution is -2.22. The molecule has 0 fully saturated rings. The van der Waals surface area contributed by atoms with E-state index < -0.39 is 23.7 Å². The zero-order chi connectivity index (χ0) is 21.3. The molecular weight excluding hydrogens is 391 g/mol. The van der Waals surface area contributed by atoms with E-state index in [1.54, 1.807) is 18.2 Å². The molecule has 2 aromatic carbocycles. The van der Waals surface area contributed by atoms with Crippen molar-refractivity contribution in [3.8, 4) is 0 Å². The van der Waals surface area contributed by atoms with Crippen LogP contribution in [0, 0.1) is 0 Å². The third-order valence-electron chi connectivity index (χ3n) is 3.56. The molecule has 2 amide bonds. The van der Waals surface area contributed by atoms with Gasteiger partial charge in [-0.15, -0.1) is 0 Å². The first-order valence-corrected chi connectivity index (χ1v) is 8.51. The number of halogens is 3. The summed E-state index contributed by atoms with van der Waals surface area (Å²) in [6, 6.07) is 10.9. The first-order chi connectivity index (χ1) is 13.8. The fraction of sp³-hybridized carbons (Fsp3) is 0.263. The Morgan fingerprint density at radius 2 is 1.59 bits per heavy atom. The van der Waals surface area contributed by atoms with Crippen molar-refractivity contribution in [2.45, 2.75) is 6.18 Å². The number of carbonyl (C=O) groups excluding carboxylic acids is 2. The number of rotatable bonds is 8. The van der Waals surface area contributed by atoms with Gasteiger partial charge in [0.2, 0.25) is 5.91 Å². The first kappa shape index (κ1) is 22.0. The van der Waals surface area contributed by atoms with Crippen LogP contribution in [-0.4, -0.2) is 38.9 Å². The van der Waals surface area contributed by atoms with Crippen LogP contribution in [0.3, 0.4) is 0 Å². The molecule has 0 radical (unpaired) electrons. The minimum Gasteiger partial charge on any atom is -0.447 e. The van der Waals surface area contributed by atoms with Gasteiger partial charge < -0.3 is 20.1 Å². The van der Waals surface area contributed by atoms with Crippen molar-refractivity contribution >= 4 is 29.1 Å². The molecule has 0 aliphatic rings. The van der Waals surface area contributed by atoms with Gasteiger partial charge in [-0.1, -0.05) is 12.1 Å². The van der Waals surface area contributed by atoms with Crippen LogP contribution in [0.5, 0.6) is 0 Å². The van der Waals surface area contributed by atoms with Gasteiger partial charge in [-0.25, -0.2) is 4.79 Å². The largest absolute Gasteiger partial charge is 0.447 e. The monoisotopic (exact) mass is 411 g/mol. The average Bonchev–Trinajstić information content (AvgIpc) is 2.66. The molecule has 0 unspecified atom stereocenters. The van der Waals surface area contributed by atoms with E-state index in [-0.39, 0.29) is 25.4 Å². The molecule has 0 aromatic heterocycles. The quantitative estimate of drug-likeness (QED) is 0.573. The third kappa shape index (κ3) is 7.70. The SMILES string of the molecule is COCCOC(=O)Nc1cccc(NC(=O)CNc2cccc(C(F)(F)F)c2)c1. The third-order valence-corrected chi connectivity index (χ3v) is 3.56. The zero-order valence-electron chi connectivity index (χ0n) is 15.5. The van der Waals surface area contributed by atoms with Crippen LogP contribution in [-0.2, 0) is 20.4 Å². The van der Waals surface area contributed by atoms with Crippen molar-refractivity contribution in [1.29, 1.82) is 0 Å². The van der Waals surface area contributed by atoms with Gasteiger partial charge in [0.25, 0.3) is 0 Å². The van der Waals surface area contributed by atoms with E-state index in [0.717, 1.165) is 12.1 Å². The van der Waals surface area contributed by atoms with E-state index in [0.29, 0.717) is 11.4 Å². The van der Waals surface area contributed by atoms with E-state index in [1.807, 2.05) is 0 Å². The van der Waals surface area contributed by atoms with E-state index in [1.165, 1.54) is 25.3 Å². The number of hydrogen-bond acceptors (Lipinski definition) is 5. The van der Waals surface area contributed by atoms with Crippen LogP contribution in [0.1, 0.15) is 5.56 Å². The molecule has 0 aliphatic carbocycles. The maximum atomic E-state index is 12.7. The Balaban J connectivity index is 1.87. The van der Waals surface area contributed by atoms with E-state index in [4.69, 9.17) is 9.47 Å². The Bertz CT molecular complexity index is 843. The number of nitrogens with one attached hydrogen (secondary N) is 3. The van der Waals surface area contributed by atoms with Crippen LogP contribution >= 0.6 is 0 Å². The highest BCUT2D eigenvalue weighted by Crippen LogP contribution is 2.30. The summed E-state index contributed by atoms with van der Waals surface area (Å²) >= 11 is 0. The second-order valence-electron chi connectivity index (χ2n) is 5.81. The lowest BCUT2D eigenvalue weighted by Gasteiger charge is -2.11. The molecule has 0 atom stereocenters. The number of hydrogen-bond donors (Lipinski definition) is 3. The second-order valence-corrected chi connectivity index (χ2v) is 5.81. The summed E-state index contributed by atoms with van der Waals surface area (Å²) in [6.07, 6.45) is -5.13. The average molecular weight is 411 g/mol. The van der Waals surface area contributed by atoms with Gasteiger partial charge in [0, 0.05) is 24.2 Å². The summed E-state index contributed by atoms with van der Waals surface area (Å²) in [6.45, 7) is 0.125. The van der Waals surface area contributed by atoms with Gasteiger partial charge in [-0.2, -0.15) is 13.2 Å². The molecule has 7 nitrogen and oxygen atoms in total. The molecule has 0 aliphatic heterocycles. The molecule has 2 aromatic rings. The van der Waals surface area contributed by atoms with Crippen LogP contribution in [0.25, 0.3) is 0 Å². The Labute approximate surface area is 165 Å². The summed E-state index contributed by atoms with van der Waals surface area (Å²) in [5.74, 6) is -0.470. The fourth-order valence-electron chi connectivity index (χ4n) is 2.24. The van der Waals surface area contributed by atoms with Gasteiger partial charge in [-0.3, -0.25) is 10.1 Å². The van der Waals surface area contributed by atoms with E-state index >= 15 is 0 Å². The van der Waals surface area contributed by atoms with Crippen LogP contribution in [0.4, 0.5) is 35.0 Å². The topological polar surface area (TPSA) is 88.7 Å². The molecular formula is C19H20F3N3O4. The van der Waals surface area contributed by atoms with E-state index in [2.05, 4.69) is 16.0 Å². The predicted molar refractivity (Wildman–Crippen MR) is 102 cm³/mol. The van der Waals surface area contributed by atoms with E-state index in [9.17, 15) is 22.8 Å². The molecule has 3 N–H and O–H groups in total. The molecule has 10 heteroatoms. The molecule has 2 rings (SSSR count). The van der Waals surface area contributed by atoms with Gasteiger partial charge >= 0.3 is 12.3 Å². The highest BCUT2D eigenvalue weighted by atomic mass is 19.4. The summed E-state index contributed by atoms with van der Waals surface area (Å²) in [7, 11) is 1.48. The highest BCUT2D eigenvalue weighted by molar-refractivity contribution is 5.94. The van der Waals surface area contributed by atoms with Crippen LogP contribution in [0.2, 0.25) is 0 Å². The fourth-order valence-corrected chi connectivity index (χ4v) is 2.24. The molecule has 29 heavy (non-hydrogen) atoms. The number of amides is 2. The van der Waals surface area contributed by atoms with Crippen molar-refractivity contribution in [2.24, 2.45) is 0 Å². The van der Waals surface area contributed by atoms with Crippen molar-refractivity contribution < 1.29 is 32.2 Å². The van der Waals surface area contributed by atoms with Gasteiger partial charge in [0.1, 0.15) is 6.61 Å². The highest BCUT2D eigenvalue weighted by Gasteiger charge is 2.30. The molecule has 0 saturated heterocycles. The smallest absolute Gasteiger partial charge is 0.416 e. The summed E-state index contributed by atoms with van der Waals surface area (Å²) in [5, 5.41) is 7.73.